The number of carbonyl (C=O) groups is 3. The number of rotatable bonds is 7. The van der Waals surface area contributed by atoms with Gasteiger partial charge >= 0.3 is 0 Å². The van der Waals surface area contributed by atoms with E-state index in [-0.39, 0.29) is 5.78 Å². The molecule has 0 rings (SSSR count). The molecule has 21 heavy (non-hydrogen) atoms. The minimum Gasteiger partial charge on any atom is -0.300 e. The normalized spacial score (nSPS) is 9.43. The maximum Gasteiger partial charge on any atom is 0.133 e. The lowest BCUT2D eigenvalue weighted by Crippen LogP contribution is -2.05. The summed E-state index contributed by atoms with van der Waals surface area (Å²) in [5.41, 5.74) is 0. The Morgan fingerprint density at radius 3 is 1.05 bits per heavy atom. The quantitative estimate of drug-likeness (QED) is 0.664. The first-order valence-corrected chi connectivity index (χ1v) is 8.13. The van der Waals surface area contributed by atoms with Gasteiger partial charge in [-0.05, 0) is 18.8 Å². The van der Waals surface area contributed by atoms with Crippen molar-refractivity contribution in [3.8, 4) is 0 Å². The Kier molecular flexibility index (Phi) is 20.3. The van der Waals surface area contributed by atoms with Crippen molar-refractivity contribution < 1.29 is 14.4 Å². The first-order chi connectivity index (χ1) is 9.60. The van der Waals surface area contributed by atoms with Gasteiger partial charge in [0.1, 0.15) is 17.3 Å². The van der Waals surface area contributed by atoms with E-state index in [1.807, 2.05) is 20.8 Å². The number of hydrogen-bond donors (Lipinski definition) is 0. The van der Waals surface area contributed by atoms with Crippen molar-refractivity contribution >= 4 is 17.3 Å². The fourth-order valence-corrected chi connectivity index (χ4v) is 1.24. The molecule has 0 atom stereocenters. The molecule has 0 saturated carbocycles. The zero-order chi connectivity index (χ0) is 17.4. The van der Waals surface area contributed by atoms with Crippen LogP contribution >= 0.6 is 0 Å². The number of carbonyl (C=O) groups excluding carboxylic acids is 3. The molecule has 0 aliphatic heterocycles. The van der Waals surface area contributed by atoms with Crippen LogP contribution in [0.2, 0.25) is 0 Å². The average Bonchev–Trinajstić information content (AvgIpc) is 2.37. The van der Waals surface area contributed by atoms with Crippen molar-refractivity contribution in [2.75, 3.05) is 0 Å². The molecule has 0 aromatic rings. The van der Waals surface area contributed by atoms with Crippen LogP contribution in [0.3, 0.4) is 0 Å². The summed E-state index contributed by atoms with van der Waals surface area (Å²) < 4.78 is 0. The Hall–Kier alpha value is -0.990. The van der Waals surface area contributed by atoms with E-state index in [0.717, 1.165) is 12.8 Å². The molecule has 0 aliphatic carbocycles. The third kappa shape index (κ3) is 32.5. The fraction of sp³-hybridized carbons (Fsp3) is 0.833. The van der Waals surface area contributed by atoms with Gasteiger partial charge < -0.3 is 4.79 Å². The highest BCUT2D eigenvalue weighted by Crippen LogP contribution is 2.07. The van der Waals surface area contributed by atoms with Gasteiger partial charge in [-0.15, -0.1) is 0 Å². The monoisotopic (exact) mass is 300 g/mol. The molecule has 0 N–H and O–H groups in total. The second-order valence-corrected chi connectivity index (χ2v) is 6.04. The Morgan fingerprint density at radius 1 is 0.667 bits per heavy atom. The van der Waals surface area contributed by atoms with Crippen LogP contribution in [0.5, 0.6) is 0 Å². The Bertz CT molecular complexity index is 260. The van der Waals surface area contributed by atoms with Crippen LogP contribution < -0.4 is 0 Å². The Balaban J connectivity index is -0.000000252. The maximum absolute atomic E-state index is 11.1. The highest BCUT2D eigenvalue weighted by atomic mass is 16.1. The summed E-state index contributed by atoms with van der Waals surface area (Å²) in [4.78, 5) is 31.1. The molecule has 0 bridgehead atoms. The first kappa shape index (κ1) is 25.0. The number of Topliss-reactive ketones (excluding diaryl/α,β-unsaturated/α-hetero) is 3. The lowest BCUT2D eigenvalue weighted by molar-refractivity contribution is -0.120. The van der Waals surface area contributed by atoms with Crippen LogP contribution in [-0.4, -0.2) is 17.3 Å². The second kappa shape index (κ2) is 17.1. The minimum atomic E-state index is 0.255. The van der Waals surface area contributed by atoms with Crippen LogP contribution in [0.25, 0.3) is 0 Å². The SMILES string of the molecule is CC(C)CC(=O)CC(C)C.CCC(=O)CC.CCC(C)=O. The van der Waals surface area contributed by atoms with E-state index >= 15 is 0 Å². The van der Waals surface area contributed by atoms with Crippen LogP contribution in [0, 0.1) is 11.8 Å². The Labute approximate surface area is 131 Å². The van der Waals surface area contributed by atoms with Crippen molar-refractivity contribution in [3.63, 3.8) is 0 Å². The van der Waals surface area contributed by atoms with Crippen molar-refractivity contribution in [2.45, 2.75) is 87.5 Å². The number of ketones is 3. The molecule has 0 spiro atoms. The predicted octanol–water partition coefficient (Wildman–Crippen LogP) is 5.01. The standard InChI is InChI=1S/C9H18O.C5H10O.C4H8O/c1-7(2)5-9(10)6-8(3)4;1-3-5(6)4-2;1-3-4(2)5/h7-8H,5-6H2,1-4H3;3-4H2,1-2H3;3H2,1-2H3. The molecule has 0 unspecified atom stereocenters. The van der Waals surface area contributed by atoms with Crippen LogP contribution in [0.4, 0.5) is 0 Å². The summed E-state index contributed by atoms with van der Waals surface area (Å²) >= 11 is 0. The van der Waals surface area contributed by atoms with Gasteiger partial charge in [-0.2, -0.15) is 0 Å². The molecule has 0 fully saturated rings. The fourth-order valence-electron chi connectivity index (χ4n) is 1.24. The third-order valence-corrected chi connectivity index (χ3v) is 2.56. The molecular weight excluding hydrogens is 264 g/mol. The molecule has 126 valence electrons. The largest absolute Gasteiger partial charge is 0.300 e. The van der Waals surface area contributed by atoms with Gasteiger partial charge in [0.05, 0.1) is 0 Å². The second-order valence-electron chi connectivity index (χ2n) is 6.04. The summed E-state index contributed by atoms with van der Waals surface area (Å²) in [6.07, 6.45) is 3.54. The van der Waals surface area contributed by atoms with Gasteiger partial charge in [0, 0.05) is 32.1 Å². The van der Waals surface area contributed by atoms with Crippen molar-refractivity contribution in [1.82, 2.24) is 0 Å². The van der Waals surface area contributed by atoms with Gasteiger partial charge in [-0.25, -0.2) is 0 Å². The van der Waals surface area contributed by atoms with Gasteiger partial charge in [-0.3, -0.25) is 9.59 Å². The maximum atomic E-state index is 11.1. The smallest absolute Gasteiger partial charge is 0.133 e. The first-order valence-electron chi connectivity index (χ1n) is 8.13. The van der Waals surface area contributed by atoms with E-state index in [4.69, 9.17) is 0 Å². The van der Waals surface area contributed by atoms with E-state index in [9.17, 15) is 14.4 Å². The molecular formula is C18H36O3. The summed E-state index contributed by atoms with van der Waals surface area (Å²) in [6.45, 7) is 15.5. The lowest BCUT2D eigenvalue weighted by atomic mass is 10.00. The molecule has 0 radical (unpaired) electrons. The Morgan fingerprint density at radius 2 is 0.952 bits per heavy atom. The van der Waals surface area contributed by atoms with E-state index in [2.05, 4.69) is 27.7 Å². The van der Waals surface area contributed by atoms with Crippen molar-refractivity contribution in [3.05, 3.63) is 0 Å². The van der Waals surface area contributed by atoms with Gasteiger partial charge in [-0.1, -0.05) is 48.5 Å². The molecule has 0 aliphatic rings. The van der Waals surface area contributed by atoms with Gasteiger partial charge in [0.25, 0.3) is 0 Å². The third-order valence-electron chi connectivity index (χ3n) is 2.56. The number of hydrogen-bond acceptors (Lipinski definition) is 3. The highest BCUT2D eigenvalue weighted by molar-refractivity contribution is 5.78. The summed E-state index contributed by atoms with van der Waals surface area (Å²) in [6, 6.07) is 0. The topological polar surface area (TPSA) is 51.2 Å². The van der Waals surface area contributed by atoms with Crippen LogP contribution in [-0.2, 0) is 14.4 Å². The van der Waals surface area contributed by atoms with Gasteiger partial charge in [0.15, 0.2) is 0 Å². The highest BCUT2D eigenvalue weighted by Gasteiger charge is 2.06. The van der Waals surface area contributed by atoms with Crippen LogP contribution in [0.1, 0.15) is 87.5 Å². The molecule has 0 aromatic carbocycles. The molecule has 0 amide bonds. The van der Waals surface area contributed by atoms with Crippen molar-refractivity contribution in [2.24, 2.45) is 11.8 Å². The zero-order valence-corrected chi connectivity index (χ0v) is 15.4. The van der Waals surface area contributed by atoms with E-state index in [1.165, 1.54) is 0 Å². The van der Waals surface area contributed by atoms with E-state index in [0.29, 0.717) is 42.7 Å². The molecule has 0 aromatic heterocycles. The average molecular weight is 300 g/mol. The van der Waals surface area contributed by atoms with Crippen LogP contribution in [0.15, 0.2) is 0 Å². The zero-order valence-electron chi connectivity index (χ0n) is 15.4. The summed E-state index contributed by atoms with van der Waals surface area (Å²) in [7, 11) is 0. The lowest BCUT2D eigenvalue weighted by Gasteiger charge is -2.05. The van der Waals surface area contributed by atoms with Crippen molar-refractivity contribution in [1.29, 1.82) is 0 Å². The minimum absolute atomic E-state index is 0.255. The molecule has 0 saturated heterocycles. The summed E-state index contributed by atoms with van der Waals surface area (Å²) in [5, 5.41) is 0. The van der Waals surface area contributed by atoms with E-state index in [1.54, 1.807) is 6.92 Å². The van der Waals surface area contributed by atoms with E-state index < -0.39 is 0 Å². The van der Waals surface area contributed by atoms with Gasteiger partial charge in [0.2, 0.25) is 0 Å². The molecule has 3 heteroatoms. The predicted molar refractivity (Wildman–Crippen MR) is 90.5 cm³/mol. The molecule has 3 nitrogen and oxygen atoms in total. The molecule has 0 heterocycles. The summed E-state index contributed by atoms with van der Waals surface area (Å²) in [5.74, 6) is 2.04.